The predicted molar refractivity (Wildman–Crippen MR) is 136 cm³/mol. The van der Waals surface area contributed by atoms with Crippen LogP contribution in [0.4, 0.5) is 23.9 Å². The van der Waals surface area contributed by atoms with Gasteiger partial charge in [0.15, 0.2) is 0 Å². The molecule has 0 unspecified atom stereocenters. The molecule has 0 spiro atoms. The molecule has 0 fully saturated rings. The number of hydrogen-bond acceptors (Lipinski definition) is 5. The van der Waals surface area contributed by atoms with Gasteiger partial charge in [-0.25, -0.2) is 16.8 Å². The Morgan fingerprint density at radius 3 is 2.14 bits per heavy atom. The zero-order valence-corrected chi connectivity index (χ0v) is 22.6. The number of nitrogens with zero attached hydrogens (tertiary/aromatic N) is 1. The zero-order chi connectivity index (χ0) is 26.2. The molecule has 0 saturated heterocycles. The minimum absolute atomic E-state index is 0.0987. The van der Waals surface area contributed by atoms with E-state index in [4.69, 9.17) is 34.8 Å². The second-order valence-corrected chi connectivity index (χ2v) is 13.3. The highest BCUT2D eigenvalue weighted by Crippen LogP contribution is 2.44. The third-order valence-electron chi connectivity index (χ3n) is 4.71. The van der Waals surface area contributed by atoms with Crippen LogP contribution in [0.1, 0.15) is 19.3 Å². The number of anilines is 2. The van der Waals surface area contributed by atoms with Crippen LogP contribution in [0.15, 0.2) is 41.3 Å². The molecule has 1 heterocycles. The van der Waals surface area contributed by atoms with Crippen LogP contribution in [0, 0.1) is 0 Å². The van der Waals surface area contributed by atoms with Crippen LogP contribution < -0.4 is 9.03 Å². The van der Waals surface area contributed by atoms with Gasteiger partial charge in [-0.3, -0.25) is 9.03 Å². The average Bonchev–Trinajstić information content (AvgIpc) is 3.05. The van der Waals surface area contributed by atoms with Crippen LogP contribution in [-0.4, -0.2) is 35.8 Å². The quantitative estimate of drug-likeness (QED) is 0.261. The van der Waals surface area contributed by atoms with Gasteiger partial charge >= 0.3 is 6.18 Å². The average molecular weight is 610 g/mol. The molecule has 0 aliphatic carbocycles. The highest BCUT2D eigenvalue weighted by Gasteiger charge is 2.31. The van der Waals surface area contributed by atoms with Gasteiger partial charge in [0.1, 0.15) is 5.00 Å². The fourth-order valence-electron chi connectivity index (χ4n) is 3.18. The molecule has 0 bridgehead atoms. The summed E-state index contributed by atoms with van der Waals surface area (Å²) in [4.78, 5) is -0.379. The van der Waals surface area contributed by atoms with Crippen molar-refractivity contribution in [1.29, 1.82) is 0 Å². The van der Waals surface area contributed by atoms with Crippen LogP contribution in [-0.2, 0) is 20.0 Å². The zero-order valence-electron chi connectivity index (χ0n) is 17.9. The lowest BCUT2D eigenvalue weighted by atomic mass is 10.2. The smallest absolute Gasteiger partial charge is 0.281 e. The molecule has 0 radical (unpaired) electrons. The van der Waals surface area contributed by atoms with Gasteiger partial charge in [-0.1, -0.05) is 53.0 Å². The number of hydrogen-bond donors (Lipinski definition) is 1. The maximum Gasteiger partial charge on any atom is 0.389 e. The molecule has 35 heavy (non-hydrogen) atoms. The molecule has 192 valence electrons. The van der Waals surface area contributed by atoms with E-state index in [0.717, 1.165) is 34.0 Å². The highest BCUT2D eigenvalue weighted by atomic mass is 35.5. The number of fused-ring (bicyclic) bond motifs is 1. The molecule has 0 saturated carbocycles. The molecule has 0 aliphatic heterocycles. The lowest BCUT2D eigenvalue weighted by molar-refractivity contribution is -0.135. The van der Waals surface area contributed by atoms with E-state index in [1.165, 1.54) is 0 Å². The topological polar surface area (TPSA) is 83.5 Å². The van der Waals surface area contributed by atoms with Crippen molar-refractivity contribution < 1.29 is 30.0 Å². The first-order chi connectivity index (χ1) is 16.1. The van der Waals surface area contributed by atoms with Crippen molar-refractivity contribution >= 4 is 87.0 Å². The van der Waals surface area contributed by atoms with Crippen molar-refractivity contribution in [2.75, 3.05) is 21.8 Å². The summed E-state index contributed by atoms with van der Waals surface area (Å²) in [7, 11) is -8.18. The van der Waals surface area contributed by atoms with Crippen LogP contribution in [0.25, 0.3) is 10.1 Å². The maximum absolute atomic E-state index is 13.6. The summed E-state index contributed by atoms with van der Waals surface area (Å²) in [6.07, 6.45) is -4.96. The standard InChI is InChI=1S/C20H18Cl3F3N2O4S3/c1-34(29,30)27-18-14(21)10-12(11-15(18)22)35(31,32)28(9-5-4-8-20(24,25)26)19-17(23)13-6-2-3-7-16(13)33-19/h2-3,6-7,10-11,27H,4-5,8-9H2,1H3. The Morgan fingerprint density at radius 2 is 1.60 bits per heavy atom. The number of nitrogens with one attached hydrogen (secondary N) is 1. The lowest BCUT2D eigenvalue weighted by Crippen LogP contribution is -2.32. The molecule has 3 aromatic rings. The van der Waals surface area contributed by atoms with E-state index in [-0.39, 0.29) is 50.0 Å². The number of rotatable bonds is 9. The van der Waals surface area contributed by atoms with E-state index >= 15 is 0 Å². The van der Waals surface area contributed by atoms with E-state index in [0.29, 0.717) is 10.1 Å². The van der Waals surface area contributed by atoms with Gasteiger partial charge in [-0.05, 0) is 31.0 Å². The van der Waals surface area contributed by atoms with Gasteiger partial charge < -0.3 is 0 Å². The van der Waals surface area contributed by atoms with Gasteiger partial charge in [-0.15, -0.1) is 11.3 Å². The fourth-order valence-corrected chi connectivity index (χ4v) is 7.99. The van der Waals surface area contributed by atoms with E-state index in [9.17, 15) is 30.0 Å². The Kier molecular flexibility index (Phi) is 8.45. The number of unbranched alkanes of at least 4 members (excludes halogenated alkanes) is 1. The summed E-state index contributed by atoms with van der Waals surface area (Å²) in [6.45, 7) is -0.288. The Bertz CT molecular complexity index is 1440. The monoisotopic (exact) mass is 608 g/mol. The minimum atomic E-state index is -4.41. The maximum atomic E-state index is 13.6. The van der Waals surface area contributed by atoms with Crippen LogP contribution >= 0.6 is 46.1 Å². The van der Waals surface area contributed by atoms with Crippen molar-refractivity contribution in [3.8, 4) is 0 Å². The Labute approximate surface area is 219 Å². The van der Waals surface area contributed by atoms with E-state index < -0.39 is 32.6 Å². The normalized spacial score (nSPS) is 12.8. The van der Waals surface area contributed by atoms with Gasteiger partial charge in [0.05, 0.1) is 31.9 Å². The number of thiophene rings is 1. The Morgan fingerprint density at radius 1 is 1.00 bits per heavy atom. The summed E-state index contributed by atoms with van der Waals surface area (Å²) in [6, 6.07) is 8.93. The first kappa shape index (κ1) is 28.1. The van der Waals surface area contributed by atoms with E-state index in [1.807, 2.05) is 0 Å². The van der Waals surface area contributed by atoms with Gasteiger partial charge in [0.2, 0.25) is 10.0 Å². The first-order valence-electron chi connectivity index (χ1n) is 9.83. The molecule has 1 aromatic heterocycles. The van der Waals surface area contributed by atoms with Crippen molar-refractivity contribution in [3.63, 3.8) is 0 Å². The van der Waals surface area contributed by atoms with Crippen molar-refractivity contribution in [2.24, 2.45) is 0 Å². The van der Waals surface area contributed by atoms with Crippen LogP contribution in [0.3, 0.4) is 0 Å². The molecular weight excluding hydrogens is 592 g/mol. The van der Waals surface area contributed by atoms with Crippen molar-refractivity contribution in [3.05, 3.63) is 51.5 Å². The molecule has 0 atom stereocenters. The summed E-state index contributed by atoms with van der Waals surface area (Å²) in [5, 5.41) is 0.304. The number of sulfonamides is 2. The van der Waals surface area contributed by atoms with Gasteiger partial charge in [0.25, 0.3) is 10.0 Å². The lowest BCUT2D eigenvalue weighted by Gasteiger charge is -2.24. The third kappa shape index (κ3) is 6.86. The SMILES string of the molecule is CS(=O)(=O)Nc1c(Cl)cc(S(=O)(=O)N(CCCCC(F)(F)F)c2sc3ccccc3c2Cl)cc1Cl. The summed E-state index contributed by atoms with van der Waals surface area (Å²) in [5.41, 5.74) is -0.202. The second-order valence-electron chi connectivity index (χ2n) is 7.50. The number of benzene rings is 2. The predicted octanol–water partition coefficient (Wildman–Crippen LogP) is 7.16. The summed E-state index contributed by atoms with van der Waals surface area (Å²) >= 11 is 19.8. The Balaban J connectivity index is 2.07. The minimum Gasteiger partial charge on any atom is -0.281 e. The molecular formula is C20H18Cl3F3N2O4S3. The summed E-state index contributed by atoms with van der Waals surface area (Å²) < 4.78 is 92.0. The van der Waals surface area contributed by atoms with E-state index in [1.54, 1.807) is 24.3 Å². The first-order valence-corrected chi connectivity index (χ1v) is 15.1. The Hall–Kier alpha value is -1.44. The van der Waals surface area contributed by atoms with Crippen LogP contribution in [0.2, 0.25) is 15.1 Å². The summed E-state index contributed by atoms with van der Waals surface area (Å²) in [5.74, 6) is 0. The third-order valence-corrected chi connectivity index (χ3v) is 9.46. The molecule has 1 N–H and O–H groups in total. The van der Waals surface area contributed by atoms with E-state index in [2.05, 4.69) is 4.72 Å². The van der Waals surface area contributed by atoms with Gasteiger partial charge in [-0.2, -0.15) is 13.2 Å². The second kappa shape index (κ2) is 10.5. The molecule has 0 amide bonds. The largest absolute Gasteiger partial charge is 0.389 e. The molecule has 15 heteroatoms. The highest BCUT2D eigenvalue weighted by molar-refractivity contribution is 7.93. The molecule has 2 aromatic carbocycles. The van der Waals surface area contributed by atoms with Crippen molar-refractivity contribution in [2.45, 2.75) is 30.3 Å². The van der Waals surface area contributed by atoms with Crippen molar-refractivity contribution in [1.82, 2.24) is 0 Å². The van der Waals surface area contributed by atoms with Gasteiger partial charge in [0, 0.05) is 23.1 Å². The fraction of sp³-hybridized carbons (Fsp3) is 0.300. The molecule has 6 nitrogen and oxygen atoms in total. The molecule has 3 rings (SSSR count). The van der Waals surface area contributed by atoms with Crippen LogP contribution in [0.5, 0.6) is 0 Å². The number of halogens is 6. The molecule has 0 aliphatic rings. The number of alkyl halides is 3.